The summed E-state index contributed by atoms with van der Waals surface area (Å²) in [7, 11) is 4.77. The number of benzene rings is 2. The molecule has 3 rings (SSSR count). The maximum absolute atomic E-state index is 10.4. The number of aromatic hydroxyl groups is 1. The smallest absolute Gasteiger partial charge is 0.161 e. The highest BCUT2D eigenvalue weighted by Crippen LogP contribution is 2.45. The number of hydrogen-bond donors (Lipinski definition) is 1. The number of phenols is 1. The highest BCUT2D eigenvalue weighted by molar-refractivity contribution is 5.53. The molecule has 0 aromatic heterocycles. The molecule has 2 aromatic rings. The van der Waals surface area contributed by atoms with Gasteiger partial charge in [0.2, 0.25) is 0 Å². The first-order chi connectivity index (χ1) is 13.0. The summed E-state index contributed by atoms with van der Waals surface area (Å²) in [5.74, 6) is 2.05. The Morgan fingerprint density at radius 1 is 0.889 bits per heavy atom. The summed E-state index contributed by atoms with van der Waals surface area (Å²) in [5.41, 5.74) is 2.95. The average molecular weight is 370 g/mol. The molecule has 1 aliphatic rings. The van der Waals surface area contributed by atoms with E-state index in [2.05, 4.69) is 24.1 Å². The zero-order chi connectivity index (χ0) is 19.6. The van der Waals surface area contributed by atoms with E-state index in [9.17, 15) is 5.11 Å². The van der Waals surface area contributed by atoms with Gasteiger partial charge in [0.1, 0.15) is 6.04 Å². The quantitative estimate of drug-likeness (QED) is 0.816. The summed E-state index contributed by atoms with van der Waals surface area (Å²) in [6.45, 7) is 4.20. The Balaban J connectivity index is 2.19. The summed E-state index contributed by atoms with van der Waals surface area (Å²) in [4.78, 5) is 0. The predicted molar refractivity (Wildman–Crippen MR) is 103 cm³/mol. The third kappa shape index (κ3) is 3.44. The molecule has 0 fully saturated rings. The first-order valence-corrected chi connectivity index (χ1v) is 9.06. The molecule has 1 aliphatic heterocycles. The molecule has 144 valence electrons. The van der Waals surface area contributed by atoms with Crippen LogP contribution < -0.4 is 14.2 Å². The number of ether oxygens (including phenoxy) is 3. The van der Waals surface area contributed by atoms with Gasteiger partial charge in [0, 0.05) is 5.92 Å². The molecule has 0 bridgehead atoms. The van der Waals surface area contributed by atoms with E-state index in [1.54, 1.807) is 27.4 Å². The second kappa shape index (κ2) is 7.86. The molecule has 3 atom stereocenters. The van der Waals surface area contributed by atoms with Gasteiger partial charge in [0.25, 0.3) is 0 Å². The predicted octanol–water partition coefficient (Wildman–Crippen LogP) is 4.86. The summed E-state index contributed by atoms with van der Waals surface area (Å²) in [5, 5.41) is 19.6. The number of rotatable bonds is 5. The maximum atomic E-state index is 10.4. The topological polar surface area (TPSA) is 72.6 Å². The van der Waals surface area contributed by atoms with Crippen molar-refractivity contribution < 1.29 is 19.3 Å². The molecule has 0 aliphatic carbocycles. The summed E-state index contributed by atoms with van der Waals surface area (Å²) >= 11 is 0. The van der Waals surface area contributed by atoms with Crippen molar-refractivity contribution in [3.63, 3.8) is 0 Å². The Hall–Kier alpha value is -2.76. The maximum Gasteiger partial charge on any atom is 0.161 e. The van der Waals surface area contributed by atoms with Crippen LogP contribution in [-0.2, 0) is 0 Å². The Morgan fingerprint density at radius 2 is 1.59 bits per heavy atom. The molecule has 0 radical (unpaired) electrons. The molecule has 0 saturated carbocycles. The molecule has 3 unspecified atom stereocenters. The Labute approximate surface area is 159 Å². The molecular formula is C21H26N2O4. The van der Waals surface area contributed by atoms with Crippen LogP contribution in [0.15, 0.2) is 40.6 Å². The van der Waals surface area contributed by atoms with Crippen LogP contribution in [0, 0.1) is 0 Å². The Kier molecular flexibility index (Phi) is 5.54. The van der Waals surface area contributed by atoms with Gasteiger partial charge in [-0.05, 0) is 54.3 Å². The number of nitrogens with zero attached hydrogens (tertiary/aromatic N) is 2. The van der Waals surface area contributed by atoms with Crippen molar-refractivity contribution >= 4 is 0 Å². The van der Waals surface area contributed by atoms with Gasteiger partial charge in [-0.1, -0.05) is 13.0 Å². The average Bonchev–Trinajstić information content (AvgIpc) is 2.82. The normalized spacial score (nSPS) is 21.3. The van der Waals surface area contributed by atoms with Crippen LogP contribution in [0.3, 0.4) is 0 Å². The van der Waals surface area contributed by atoms with E-state index in [1.807, 2.05) is 24.3 Å². The number of phenolic OH excluding ortho intramolecular Hbond substituents is 1. The van der Waals surface area contributed by atoms with Crippen LogP contribution in [0.25, 0.3) is 0 Å². The molecule has 0 amide bonds. The third-order valence-corrected chi connectivity index (χ3v) is 5.19. The van der Waals surface area contributed by atoms with E-state index in [1.165, 1.54) is 0 Å². The van der Waals surface area contributed by atoms with E-state index >= 15 is 0 Å². The zero-order valence-electron chi connectivity index (χ0n) is 16.4. The Morgan fingerprint density at radius 3 is 2.22 bits per heavy atom. The molecule has 27 heavy (non-hydrogen) atoms. The number of azo groups is 1. The van der Waals surface area contributed by atoms with Gasteiger partial charge in [-0.3, -0.25) is 0 Å². The second-order valence-electron chi connectivity index (χ2n) is 6.66. The van der Waals surface area contributed by atoms with Gasteiger partial charge in [0.15, 0.2) is 23.0 Å². The molecule has 1 heterocycles. The van der Waals surface area contributed by atoms with E-state index in [0.29, 0.717) is 17.2 Å². The van der Waals surface area contributed by atoms with Crippen LogP contribution in [-0.4, -0.2) is 32.5 Å². The minimum Gasteiger partial charge on any atom is -0.504 e. The number of hydrogen-bond acceptors (Lipinski definition) is 6. The standard InChI is InChI=1S/C21H26N2O4/c1-6-14-12(2)22-23-21(13-7-8-18(25-3)20(9-13)27-5)16-10-17(24)19(26-4)11-15(14)16/h7-12,14,21,24H,6H2,1-5H3. The lowest BCUT2D eigenvalue weighted by Crippen LogP contribution is -2.13. The minimum atomic E-state index is -0.337. The fourth-order valence-electron chi connectivity index (χ4n) is 3.73. The summed E-state index contributed by atoms with van der Waals surface area (Å²) < 4.78 is 16.1. The van der Waals surface area contributed by atoms with Gasteiger partial charge in [-0.15, -0.1) is 0 Å². The van der Waals surface area contributed by atoms with Gasteiger partial charge in [-0.2, -0.15) is 10.2 Å². The second-order valence-corrected chi connectivity index (χ2v) is 6.66. The first kappa shape index (κ1) is 19.0. The summed E-state index contributed by atoms with van der Waals surface area (Å²) in [6, 6.07) is 9.08. The van der Waals surface area contributed by atoms with E-state index in [0.717, 1.165) is 23.1 Å². The van der Waals surface area contributed by atoms with Crippen molar-refractivity contribution in [1.82, 2.24) is 0 Å². The molecule has 6 heteroatoms. The van der Waals surface area contributed by atoms with Crippen LogP contribution in [0.1, 0.15) is 48.9 Å². The van der Waals surface area contributed by atoms with Gasteiger partial charge in [-0.25, -0.2) is 0 Å². The minimum absolute atomic E-state index is 0.0353. The number of fused-ring (bicyclic) bond motifs is 1. The van der Waals surface area contributed by atoms with Crippen molar-refractivity contribution in [2.75, 3.05) is 21.3 Å². The molecule has 0 spiro atoms. The molecule has 6 nitrogen and oxygen atoms in total. The van der Waals surface area contributed by atoms with Gasteiger partial charge < -0.3 is 19.3 Å². The van der Waals surface area contributed by atoms with Crippen LogP contribution in [0.4, 0.5) is 0 Å². The summed E-state index contributed by atoms with van der Waals surface area (Å²) in [6.07, 6.45) is 0.916. The molecular weight excluding hydrogens is 344 g/mol. The van der Waals surface area contributed by atoms with Crippen molar-refractivity contribution in [1.29, 1.82) is 0 Å². The van der Waals surface area contributed by atoms with E-state index in [4.69, 9.17) is 14.2 Å². The van der Waals surface area contributed by atoms with E-state index < -0.39 is 0 Å². The fraction of sp³-hybridized carbons (Fsp3) is 0.429. The monoisotopic (exact) mass is 370 g/mol. The van der Waals surface area contributed by atoms with Crippen LogP contribution in [0.5, 0.6) is 23.0 Å². The lowest BCUT2D eigenvalue weighted by Gasteiger charge is -2.22. The number of methoxy groups -OCH3 is 3. The van der Waals surface area contributed by atoms with Crippen molar-refractivity contribution in [2.24, 2.45) is 10.2 Å². The van der Waals surface area contributed by atoms with Crippen molar-refractivity contribution in [3.05, 3.63) is 47.0 Å². The third-order valence-electron chi connectivity index (χ3n) is 5.19. The first-order valence-electron chi connectivity index (χ1n) is 9.06. The SMILES string of the molecule is CCC1c2cc(OC)c(O)cc2C(c2ccc(OC)c(OC)c2)N=NC1C. The van der Waals surface area contributed by atoms with Gasteiger partial charge >= 0.3 is 0 Å². The highest BCUT2D eigenvalue weighted by Gasteiger charge is 2.30. The lowest BCUT2D eigenvalue weighted by molar-refractivity contribution is 0.354. The highest BCUT2D eigenvalue weighted by atomic mass is 16.5. The fourth-order valence-corrected chi connectivity index (χ4v) is 3.73. The van der Waals surface area contributed by atoms with Crippen molar-refractivity contribution in [3.8, 4) is 23.0 Å². The Bertz CT molecular complexity index is 850. The molecule has 2 aromatic carbocycles. The largest absolute Gasteiger partial charge is 0.504 e. The van der Waals surface area contributed by atoms with Crippen LogP contribution >= 0.6 is 0 Å². The van der Waals surface area contributed by atoms with Gasteiger partial charge in [0.05, 0.1) is 27.4 Å². The van der Waals surface area contributed by atoms with E-state index in [-0.39, 0.29) is 23.8 Å². The van der Waals surface area contributed by atoms with Crippen LogP contribution in [0.2, 0.25) is 0 Å². The molecule has 0 saturated heterocycles. The molecule has 1 N–H and O–H groups in total. The van der Waals surface area contributed by atoms with Crippen molar-refractivity contribution in [2.45, 2.75) is 38.3 Å². The lowest BCUT2D eigenvalue weighted by atomic mass is 9.84. The zero-order valence-corrected chi connectivity index (χ0v) is 16.4.